The fourth-order valence-electron chi connectivity index (χ4n) is 7.41. The second kappa shape index (κ2) is 11.3. The zero-order valence-electron chi connectivity index (χ0n) is 23.1. The summed E-state index contributed by atoms with van der Waals surface area (Å²) in [6.07, 6.45) is 6.47. The molecule has 4 aliphatic rings. The number of rotatable bonds is 10. The number of aliphatic imine (C=N–C) groups is 1. The van der Waals surface area contributed by atoms with Crippen molar-refractivity contribution in [2.45, 2.75) is 64.1 Å². The van der Waals surface area contributed by atoms with Crippen LogP contribution in [-0.4, -0.2) is 42.7 Å². The Kier molecular flexibility index (Phi) is 8.07. The van der Waals surface area contributed by atoms with E-state index in [1.54, 1.807) is 36.4 Å². The van der Waals surface area contributed by atoms with E-state index in [9.17, 15) is 18.5 Å². The van der Waals surface area contributed by atoms with Crippen molar-refractivity contribution < 1.29 is 23.1 Å². The Hall–Kier alpha value is -3.13. The van der Waals surface area contributed by atoms with Crippen molar-refractivity contribution in [3.05, 3.63) is 64.7 Å². The number of carbonyl (C=O) groups is 1. The van der Waals surface area contributed by atoms with E-state index in [2.05, 4.69) is 15.0 Å². The van der Waals surface area contributed by atoms with Crippen LogP contribution in [-0.2, 0) is 16.6 Å². The molecule has 218 valence electrons. The highest BCUT2D eigenvalue weighted by Gasteiger charge is 2.57. The normalized spacial score (nSPS) is 27.3. The molecule has 2 unspecified atom stereocenters. The van der Waals surface area contributed by atoms with E-state index in [-0.39, 0.29) is 41.2 Å². The highest BCUT2D eigenvalue weighted by molar-refractivity contribution is 7.89. The zero-order valence-corrected chi connectivity index (χ0v) is 24.7. The van der Waals surface area contributed by atoms with Gasteiger partial charge in [0.1, 0.15) is 5.75 Å². The van der Waals surface area contributed by atoms with Crippen LogP contribution in [0.2, 0.25) is 5.02 Å². The van der Waals surface area contributed by atoms with Gasteiger partial charge in [0.2, 0.25) is 16.2 Å². The number of nitrogens with zero attached hydrogens (tertiary/aromatic N) is 2. The topological polar surface area (TPSA) is 141 Å². The van der Waals surface area contributed by atoms with Crippen LogP contribution in [0.3, 0.4) is 0 Å². The van der Waals surface area contributed by atoms with Crippen LogP contribution >= 0.6 is 11.6 Å². The molecule has 4 saturated carbocycles. The Labute approximate surface area is 246 Å². The number of hydrogen-bond acceptors (Lipinski definition) is 6. The number of ether oxygens (including phenoxy) is 1. The van der Waals surface area contributed by atoms with Crippen molar-refractivity contribution in [2.24, 2.45) is 28.2 Å². The summed E-state index contributed by atoms with van der Waals surface area (Å²) in [6, 6.07) is 13.3. The Morgan fingerprint density at radius 1 is 1.12 bits per heavy atom. The lowest BCUT2D eigenvalue weighted by Crippen LogP contribution is -2.63. The van der Waals surface area contributed by atoms with E-state index in [0.29, 0.717) is 28.1 Å². The molecule has 0 aromatic heterocycles. The fourth-order valence-corrected chi connectivity index (χ4v) is 9.19. The summed E-state index contributed by atoms with van der Waals surface area (Å²) in [5.41, 5.74) is -0.307. The second-order valence-corrected chi connectivity index (χ2v) is 14.6. The number of sulfonamides is 1. The minimum Gasteiger partial charge on any atom is -0.480 e. The van der Waals surface area contributed by atoms with E-state index >= 15 is 0 Å². The van der Waals surface area contributed by atoms with Crippen LogP contribution in [0.15, 0.2) is 53.5 Å². The van der Waals surface area contributed by atoms with Crippen molar-refractivity contribution >= 4 is 33.4 Å². The maximum atomic E-state index is 13.2. The van der Waals surface area contributed by atoms with E-state index in [4.69, 9.17) is 21.4 Å². The predicted octanol–water partition coefficient (Wildman–Crippen LogP) is 4.98. The molecule has 9 nitrogen and oxygen atoms in total. The maximum Gasteiger partial charge on any atom is 0.335 e. The summed E-state index contributed by atoms with van der Waals surface area (Å²) in [4.78, 5) is 15.2. The lowest BCUT2D eigenvalue weighted by Gasteiger charge is -2.60. The summed E-state index contributed by atoms with van der Waals surface area (Å²) < 4.78 is 35.4. The first-order valence-electron chi connectivity index (χ1n) is 13.8. The molecule has 3 N–H and O–H groups in total. The first-order chi connectivity index (χ1) is 19.4. The van der Waals surface area contributed by atoms with Gasteiger partial charge < -0.3 is 15.2 Å². The van der Waals surface area contributed by atoms with Gasteiger partial charge in [-0.15, -0.1) is 0 Å². The molecule has 11 heteroatoms. The Bertz CT molecular complexity index is 1450. The molecule has 0 heterocycles. The Morgan fingerprint density at radius 3 is 2.34 bits per heavy atom. The molecule has 0 saturated heterocycles. The smallest absolute Gasteiger partial charge is 0.335 e. The summed E-state index contributed by atoms with van der Waals surface area (Å²) in [7, 11) is -3.56. The molecule has 0 radical (unpaired) electrons. The monoisotopic (exact) mass is 598 g/mol. The van der Waals surface area contributed by atoms with Gasteiger partial charge in [-0.3, -0.25) is 0 Å². The first-order valence-corrected chi connectivity index (χ1v) is 15.9. The van der Waals surface area contributed by atoms with Crippen LogP contribution in [0.5, 0.6) is 5.75 Å². The van der Waals surface area contributed by atoms with Gasteiger partial charge in [0.25, 0.3) is 0 Å². The maximum absolute atomic E-state index is 13.2. The SMILES string of the molecule is CC(C)(Oc1ccc(Cl)cc1)/C(=N/C#N)NC1C2CC3CC1CC(CS(=O)(=O)NCc1ccc(C(=O)O)cc1)(C3)C2. The molecule has 2 aromatic rings. The third-order valence-electron chi connectivity index (χ3n) is 8.82. The number of nitrogens with one attached hydrogen (secondary N) is 2. The number of hydrogen-bond donors (Lipinski definition) is 3. The minimum atomic E-state index is -3.56. The third-order valence-corrected chi connectivity index (χ3v) is 10.6. The zero-order chi connectivity index (χ0) is 29.4. The molecule has 2 atom stereocenters. The molecule has 4 fully saturated rings. The summed E-state index contributed by atoms with van der Waals surface area (Å²) in [5, 5.41) is 22.7. The second-order valence-electron chi connectivity index (χ2n) is 12.3. The van der Waals surface area contributed by atoms with Gasteiger partial charge in [-0.05, 0) is 111 Å². The Balaban J connectivity index is 1.25. The number of benzene rings is 2. The van der Waals surface area contributed by atoms with Gasteiger partial charge in [0, 0.05) is 17.6 Å². The van der Waals surface area contributed by atoms with Crippen molar-refractivity contribution in [3.8, 4) is 11.9 Å². The van der Waals surface area contributed by atoms with Crippen LogP contribution in [0.1, 0.15) is 61.9 Å². The number of halogens is 1. The quantitative estimate of drug-likeness (QED) is 0.199. The van der Waals surface area contributed by atoms with Crippen LogP contribution in [0.4, 0.5) is 0 Å². The van der Waals surface area contributed by atoms with Crippen LogP contribution in [0.25, 0.3) is 0 Å². The number of aromatic carboxylic acids is 1. The van der Waals surface area contributed by atoms with E-state index in [0.717, 1.165) is 32.1 Å². The van der Waals surface area contributed by atoms with Crippen molar-refractivity contribution in [3.63, 3.8) is 0 Å². The lowest BCUT2D eigenvalue weighted by atomic mass is 9.48. The molecule has 2 aromatic carbocycles. The molecule has 6 rings (SSSR count). The Morgan fingerprint density at radius 2 is 1.76 bits per heavy atom. The third kappa shape index (κ3) is 6.69. The van der Waals surface area contributed by atoms with Gasteiger partial charge in [-0.25, -0.2) is 17.9 Å². The minimum absolute atomic E-state index is 0.0771. The average molecular weight is 599 g/mol. The van der Waals surface area contributed by atoms with Gasteiger partial charge in [0.05, 0.1) is 11.3 Å². The molecule has 0 spiro atoms. The molecule has 4 aliphatic carbocycles. The van der Waals surface area contributed by atoms with Crippen molar-refractivity contribution in [1.29, 1.82) is 5.26 Å². The highest BCUT2D eigenvalue weighted by Crippen LogP contribution is 2.60. The van der Waals surface area contributed by atoms with Crippen molar-refractivity contribution in [2.75, 3.05) is 5.75 Å². The number of nitriles is 1. The van der Waals surface area contributed by atoms with Crippen LogP contribution in [0, 0.1) is 34.6 Å². The van der Waals surface area contributed by atoms with E-state index < -0.39 is 21.6 Å². The van der Waals surface area contributed by atoms with Gasteiger partial charge in [-0.2, -0.15) is 10.3 Å². The standard InChI is InChI=1S/C30H35ClN4O5S/c1-29(2,40-25-9-7-24(31)8-10-25)28(33-18-32)35-26-22-11-20-12-23(26)15-30(13-20,14-22)17-41(38,39)34-16-19-3-5-21(6-4-19)27(36)37/h3-10,20,22-23,26,34H,11-17H2,1-2H3,(H,33,35)(H,36,37). The molecule has 41 heavy (non-hydrogen) atoms. The number of amidine groups is 1. The molecule has 4 bridgehead atoms. The fraction of sp³-hybridized carbons (Fsp3) is 0.500. The number of carboxylic acid groups (broad SMARTS) is 1. The highest BCUT2D eigenvalue weighted by atomic mass is 35.5. The molecular weight excluding hydrogens is 564 g/mol. The first kappa shape index (κ1) is 29.4. The molecule has 0 amide bonds. The van der Waals surface area contributed by atoms with E-state index in [1.165, 1.54) is 12.1 Å². The lowest BCUT2D eigenvalue weighted by molar-refractivity contribution is -0.0606. The average Bonchev–Trinajstić information content (AvgIpc) is 2.89. The summed E-state index contributed by atoms with van der Waals surface area (Å²) in [6.45, 7) is 3.86. The van der Waals surface area contributed by atoms with Crippen LogP contribution < -0.4 is 14.8 Å². The van der Waals surface area contributed by atoms with Crippen molar-refractivity contribution in [1.82, 2.24) is 10.0 Å². The van der Waals surface area contributed by atoms with Gasteiger partial charge in [-0.1, -0.05) is 23.7 Å². The molecular formula is C30H35ClN4O5S. The largest absolute Gasteiger partial charge is 0.480 e. The predicted molar refractivity (Wildman–Crippen MR) is 156 cm³/mol. The van der Waals surface area contributed by atoms with E-state index in [1.807, 2.05) is 20.0 Å². The molecule has 0 aliphatic heterocycles. The summed E-state index contributed by atoms with van der Waals surface area (Å²) >= 11 is 6.01. The van der Waals surface area contributed by atoms with Gasteiger partial charge >= 0.3 is 5.97 Å². The summed E-state index contributed by atoms with van der Waals surface area (Å²) in [5.74, 6) is 1.17. The number of carboxylic acids is 1. The van der Waals surface area contributed by atoms with Gasteiger partial charge in [0.15, 0.2) is 11.4 Å².